The maximum absolute atomic E-state index is 13.2. The number of anilines is 1. The van der Waals surface area contributed by atoms with E-state index in [1.165, 1.54) is 46.9 Å². The first kappa shape index (κ1) is 17.6. The fraction of sp³-hybridized carbons (Fsp3) is 0.333. The van der Waals surface area contributed by atoms with Gasteiger partial charge in [-0.3, -0.25) is 4.79 Å². The lowest BCUT2D eigenvalue weighted by Gasteiger charge is -2.21. The van der Waals surface area contributed by atoms with Crippen LogP contribution in [0, 0.1) is 6.92 Å². The minimum atomic E-state index is -4.64. The van der Waals surface area contributed by atoms with Crippen LogP contribution in [0.5, 0.6) is 0 Å². The summed E-state index contributed by atoms with van der Waals surface area (Å²) in [4.78, 5) is 23.4. The van der Waals surface area contributed by atoms with Gasteiger partial charge in [-0.15, -0.1) is 0 Å². The van der Waals surface area contributed by atoms with Gasteiger partial charge >= 0.3 is 12.2 Å². The van der Waals surface area contributed by atoms with Gasteiger partial charge in [0, 0.05) is 44.3 Å². The second-order valence-electron chi connectivity index (χ2n) is 5.50. The molecular weight excluding hydrogens is 325 g/mol. The lowest BCUT2D eigenvalue weighted by atomic mass is 10.1. The molecule has 0 saturated carbocycles. The average molecular weight is 342 g/mol. The lowest BCUT2D eigenvalue weighted by molar-refractivity contribution is -0.154. The predicted molar refractivity (Wildman–Crippen MR) is 82.8 cm³/mol. The largest absolute Gasteiger partial charge is 0.412 e. The number of nitrogens with one attached hydrogen (secondary N) is 2. The van der Waals surface area contributed by atoms with E-state index in [9.17, 15) is 22.8 Å². The molecule has 2 amide bonds. The number of urea groups is 1. The smallest absolute Gasteiger partial charge is 0.357 e. The van der Waals surface area contributed by atoms with Crippen LogP contribution in [0.4, 0.5) is 23.7 Å². The predicted octanol–water partition coefficient (Wildman–Crippen LogP) is 2.46. The van der Waals surface area contributed by atoms with Crippen LogP contribution in [0.3, 0.4) is 0 Å². The number of pyridine rings is 1. The summed E-state index contributed by atoms with van der Waals surface area (Å²) in [5.41, 5.74) is 0.355. The Bertz CT molecular complexity index is 808. The van der Waals surface area contributed by atoms with E-state index in [1.807, 2.05) is 5.32 Å². The number of carbonyl (C=O) groups excluding carboxylic acids is 1. The molecule has 130 valence electrons. The summed E-state index contributed by atoms with van der Waals surface area (Å²) in [6, 6.07) is -0.571. The number of hydrogen-bond donors (Lipinski definition) is 2. The van der Waals surface area contributed by atoms with Gasteiger partial charge in [0.25, 0.3) is 5.56 Å². The first-order chi connectivity index (χ1) is 11.1. The maximum Gasteiger partial charge on any atom is 0.412 e. The number of nitrogens with zero attached hydrogens (tertiary/aromatic N) is 2. The molecule has 2 rings (SSSR count). The highest BCUT2D eigenvalue weighted by Gasteiger charge is 2.42. The quantitative estimate of drug-likeness (QED) is 0.900. The van der Waals surface area contributed by atoms with Gasteiger partial charge in [0.1, 0.15) is 0 Å². The van der Waals surface area contributed by atoms with Crippen molar-refractivity contribution in [1.29, 1.82) is 0 Å². The Labute approximate surface area is 135 Å². The number of alkyl halides is 3. The Kier molecular flexibility index (Phi) is 4.72. The molecule has 0 bridgehead atoms. The van der Waals surface area contributed by atoms with Crippen molar-refractivity contribution in [1.82, 2.24) is 14.5 Å². The molecule has 2 aromatic rings. The second-order valence-corrected chi connectivity index (χ2v) is 5.50. The van der Waals surface area contributed by atoms with Crippen LogP contribution in [-0.2, 0) is 14.1 Å². The Balaban J connectivity index is 2.20. The van der Waals surface area contributed by atoms with E-state index in [-0.39, 0.29) is 16.8 Å². The Hall–Kier alpha value is -2.71. The van der Waals surface area contributed by atoms with Crippen LogP contribution in [-0.4, -0.2) is 21.3 Å². The van der Waals surface area contributed by atoms with E-state index in [0.717, 1.165) is 0 Å². The highest BCUT2D eigenvalue weighted by molar-refractivity contribution is 5.90. The summed E-state index contributed by atoms with van der Waals surface area (Å²) in [6.45, 7) is 1.58. The molecule has 6 nitrogen and oxygen atoms in total. The third-order valence-electron chi connectivity index (χ3n) is 3.47. The van der Waals surface area contributed by atoms with Crippen molar-refractivity contribution in [3.8, 4) is 0 Å². The molecule has 9 heteroatoms. The molecule has 0 unspecified atom stereocenters. The van der Waals surface area contributed by atoms with Crippen molar-refractivity contribution < 1.29 is 18.0 Å². The molecule has 0 radical (unpaired) electrons. The third kappa shape index (κ3) is 3.98. The molecule has 0 spiro atoms. The van der Waals surface area contributed by atoms with Gasteiger partial charge < -0.3 is 19.8 Å². The van der Waals surface area contributed by atoms with E-state index in [4.69, 9.17) is 0 Å². The van der Waals surface area contributed by atoms with Gasteiger partial charge in [0.05, 0.1) is 5.69 Å². The van der Waals surface area contributed by atoms with Gasteiger partial charge in [-0.1, -0.05) is 0 Å². The molecule has 0 aliphatic carbocycles. The summed E-state index contributed by atoms with van der Waals surface area (Å²) in [6.07, 6.45) is -0.541. The van der Waals surface area contributed by atoms with Crippen LogP contribution >= 0.6 is 0 Å². The number of halogens is 3. The Morgan fingerprint density at radius 1 is 1.25 bits per heavy atom. The molecule has 2 aromatic heterocycles. The van der Waals surface area contributed by atoms with Crippen molar-refractivity contribution in [3.05, 3.63) is 52.2 Å². The molecule has 0 aliphatic rings. The van der Waals surface area contributed by atoms with Gasteiger partial charge in [-0.2, -0.15) is 13.2 Å². The van der Waals surface area contributed by atoms with E-state index in [1.54, 1.807) is 14.0 Å². The van der Waals surface area contributed by atoms with Gasteiger partial charge in [-0.05, 0) is 18.6 Å². The van der Waals surface area contributed by atoms with E-state index in [0.29, 0.717) is 5.56 Å². The molecule has 0 aliphatic heterocycles. The maximum atomic E-state index is 13.2. The first-order valence-electron chi connectivity index (χ1n) is 7.01. The fourth-order valence-corrected chi connectivity index (χ4v) is 2.19. The topological polar surface area (TPSA) is 68.1 Å². The highest BCUT2D eigenvalue weighted by Crippen LogP contribution is 2.32. The molecule has 0 aromatic carbocycles. The lowest BCUT2D eigenvalue weighted by Crippen LogP contribution is -2.40. The third-order valence-corrected chi connectivity index (χ3v) is 3.47. The standard InChI is InChI=1S/C15H17F3N4O2/c1-9-6-12(23)22(3)8-11(9)19-14(24)20-13(15(16,17)18)10-4-5-21(2)7-10/h4-8,13H,1-3H3,(H2,19,20,24)/t13-/m1/s1. The summed E-state index contributed by atoms with van der Waals surface area (Å²) < 4.78 is 42.3. The zero-order valence-corrected chi connectivity index (χ0v) is 13.3. The molecule has 2 heterocycles. The second kappa shape index (κ2) is 6.42. The number of carbonyl (C=O) groups is 1. The number of aryl methyl sites for hydroxylation is 3. The van der Waals surface area contributed by atoms with Gasteiger partial charge in [-0.25, -0.2) is 4.79 Å². The first-order valence-corrected chi connectivity index (χ1v) is 7.01. The zero-order valence-electron chi connectivity index (χ0n) is 13.3. The van der Waals surface area contributed by atoms with Gasteiger partial charge in [0.15, 0.2) is 6.04 Å². The Morgan fingerprint density at radius 2 is 1.92 bits per heavy atom. The van der Waals surface area contributed by atoms with E-state index >= 15 is 0 Å². The van der Waals surface area contributed by atoms with E-state index < -0.39 is 18.2 Å². The normalized spacial score (nSPS) is 12.8. The minimum absolute atomic E-state index is 0.0719. The summed E-state index contributed by atoms with van der Waals surface area (Å²) >= 11 is 0. The monoisotopic (exact) mass is 342 g/mol. The van der Waals surface area contributed by atoms with Crippen molar-refractivity contribution in [2.45, 2.75) is 19.1 Å². The number of hydrogen-bond acceptors (Lipinski definition) is 2. The fourth-order valence-electron chi connectivity index (χ4n) is 2.19. The molecular formula is C15H17F3N4O2. The molecule has 1 atom stereocenters. The Morgan fingerprint density at radius 3 is 2.46 bits per heavy atom. The number of rotatable bonds is 3. The molecule has 0 fully saturated rings. The molecule has 2 N–H and O–H groups in total. The summed E-state index contributed by atoms with van der Waals surface area (Å²) in [5.74, 6) is 0. The highest BCUT2D eigenvalue weighted by atomic mass is 19.4. The van der Waals surface area contributed by atoms with Crippen molar-refractivity contribution in [2.75, 3.05) is 5.32 Å². The number of aromatic nitrogens is 2. The average Bonchev–Trinajstić information content (AvgIpc) is 2.87. The van der Waals surface area contributed by atoms with Crippen molar-refractivity contribution in [3.63, 3.8) is 0 Å². The van der Waals surface area contributed by atoms with Crippen LogP contribution in [0.15, 0.2) is 35.5 Å². The zero-order chi connectivity index (χ0) is 18.1. The molecule has 0 saturated heterocycles. The van der Waals surface area contributed by atoms with Crippen LogP contribution in [0.2, 0.25) is 0 Å². The van der Waals surface area contributed by atoms with Gasteiger partial charge in [0.2, 0.25) is 0 Å². The van der Waals surface area contributed by atoms with Crippen LogP contribution in [0.25, 0.3) is 0 Å². The van der Waals surface area contributed by atoms with Crippen LogP contribution in [0.1, 0.15) is 17.2 Å². The SMILES string of the molecule is Cc1cc(=O)n(C)cc1NC(=O)N[C@H](c1ccn(C)c1)C(F)(F)F. The summed E-state index contributed by atoms with van der Waals surface area (Å²) in [7, 11) is 3.07. The van der Waals surface area contributed by atoms with Crippen molar-refractivity contribution in [2.24, 2.45) is 14.1 Å². The van der Waals surface area contributed by atoms with Crippen LogP contribution < -0.4 is 16.2 Å². The van der Waals surface area contributed by atoms with E-state index in [2.05, 4.69) is 5.32 Å². The summed E-state index contributed by atoms with van der Waals surface area (Å²) in [5, 5.41) is 4.26. The number of amides is 2. The van der Waals surface area contributed by atoms with Crippen molar-refractivity contribution >= 4 is 11.7 Å². The minimum Gasteiger partial charge on any atom is -0.357 e. The molecule has 24 heavy (non-hydrogen) atoms.